The Kier molecular flexibility index (Phi) is 2.80. The smallest absolute Gasteiger partial charge is 0.132 e. The third-order valence-corrected chi connectivity index (χ3v) is 3.43. The molecule has 0 aliphatic carbocycles. The molecule has 0 radical (unpaired) electrons. The maximum absolute atomic E-state index is 5.86. The average Bonchev–Trinajstić information content (AvgIpc) is 2.82. The maximum Gasteiger partial charge on any atom is 0.132 e. The van der Waals surface area contributed by atoms with Gasteiger partial charge >= 0.3 is 0 Å². The molecule has 0 amide bonds. The van der Waals surface area contributed by atoms with Gasteiger partial charge in [0.05, 0.1) is 6.20 Å². The van der Waals surface area contributed by atoms with E-state index >= 15 is 0 Å². The quantitative estimate of drug-likeness (QED) is 0.850. The number of anilines is 1. The van der Waals surface area contributed by atoms with Crippen molar-refractivity contribution in [3.63, 3.8) is 0 Å². The zero-order chi connectivity index (χ0) is 12.5. The van der Waals surface area contributed by atoms with Crippen LogP contribution in [0.15, 0.2) is 30.5 Å². The molecule has 2 heterocycles. The third-order valence-electron chi connectivity index (χ3n) is 3.43. The van der Waals surface area contributed by atoms with Crippen LogP contribution < -0.4 is 11.1 Å². The molecule has 4 heteroatoms. The first-order chi connectivity index (χ1) is 8.75. The maximum atomic E-state index is 5.86. The number of benzene rings is 1. The molecule has 1 aromatic carbocycles. The fraction of sp³-hybridized carbons (Fsp3) is 0.357. The number of nitrogens with zero attached hydrogens (tertiary/aromatic N) is 2. The molecule has 0 bridgehead atoms. The summed E-state index contributed by atoms with van der Waals surface area (Å²) in [7, 11) is 0. The number of aryl methyl sites for hydroxylation is 1. The van der Waals surface area contributed by atoms with Gasteiger partial charge in [0.2, 0.25) is 0 Å². The largest absolute Gasteiger partial charge is 0.370 e. The average molecular weight is 242 g/mol. The summed E-state index contributed by atoms with van der Waals surface area (Å²) in [6.07, 6.45) is 3.08. The zero-order valence-electron chi connectivity index (χ0n) is 10.6. The fourth-order valence-corrected chi connectivity index (χ4v) is 2.35. The minimum Gasteiger partial charge on any atom is -0.370 e. The molecule has 1 aliphatic rings. The molecular weight excluding hydrogens is 224 g/mol. The Morgan fingerprint density at radius 3 is 2.83 bits per heavy atom. The molecule has 18 heavy (non-hydrogen) atoms. The molecule has 4 nitrogen and oxygen atoms in total. The van der Waals surface area contributed by atoms with Crippen LogP contribution in [0.2, 0.25) is 0 Å². The van der Waals surface area contributed by atoms with Crippen LogP contribution in [0.5, 0.6) is 0 Å². The highest BCUT2D eigenvalue weighted by atomic mass is 15.3. The molecule has 94 valence electrons. The monoisotopic (exact) mass is 242 g/mol. The summed E-state index contributed by atoms with van der Waals surface area (Å²) in [6.45, 7) is 4.02. The van der Waals surface area contributed by atoms with Gasteiger partial charge in [0.15, 0.2) is 0 Å². The molecule has 0 spiro atoms. The minimum absolute atomic E-state index is 0.0817. The van der Waals surface area contributed by atoms with Gasteiger partial charge in [-0.05, 0) is 24.5 Å². The minimum atomic E-state index is 0.0817. The van der Waals surface area contributed by atoms with Crippen molar-refractivity contribution in [1.29, 1.82) is 0 Å². The summed E-state index contributed by atoms with van der Waals surface area (Å²) in [5, 5.41) is 7.84. The lowest BCUT2D eigenvalue weighted by Crippen LogP contribution is -2.17. The lowest BCUT2D eigenvalue weighted by atomic mass is 10.0. The van der Waals surface area contributed by atoms with E-state index in [1.807, 2.05) is 17.8 Å². The van der Waals surface area contributed by atoms with E-state index in [2.05, 4.69) is 34.7 Å². The Morgan fingerprint density at radius 1 is 1.33 bits per heavy atom. The molecular formula is C14H18N4. The molecule has 0 saturated carbocycles. The van der Waals surface area contributed by atoms with Crippen LogP contribution in [0.25, 0.3) is 11.1 Å². The molecule has 2 aromatic rings. The number of fused-ring (bicyclic) bond motifs is 1. The van der Waals surface area contributed by atoms with Crippen molar-refractivity contribution in [3.05, 3.63) is 36.0 Å². The van der Waals surface area contributed by atoms with Gasteiger partial charge in [-0.3, -0.25) is 0 Å². The first-order valence-electron chi connectivity index (χ1n) is 6.41. The molecule has 0 saturated heterocycles. The third kappa shape index (κ3) is 1.88. The number of rotatable bonds is 2. The number of nitrogens with one attached hydrogen (secondary N) is 1. The van der Waals surface area contributed by atoms with Gasteiger partial charge in [-0.2, -0.15) is 5.10 Å². The van der Waals surface area contributed by atoms with E-state index in [-0.39, 0.29) is 6.04 Å². The standard InChI is InChI=1S/C14H18N4/c1-10(15)11-3-5-12(6-4-11)13-9-17-18-8-2-7-16-14(13)18/h3-6,9-10,16H,2,7-8,15H2,1H3. The van der Waals surface area contributed by atoms with E-state index < -0.39 is 0 Å². The van der Waals surface area contributed by atoms with Crippen molar-refractivity contribution < 1.29 is 0 Å². The molecule has 1 aliphatic heterocycles. The lowest BCUT2D eigenvalue weighted by molar-refractivity contribution is 0.568. The van der Waals surface area contributed by atoms with Crippen LogP contribution in [0.4, 0.5) is 5.82 Å². The first kappa shape index (κ1) is 11.3. The van der Waals surface area contributed by atoms with Gasteiger partial charge in [0.25, 0.3) is 0 Å². The van der Waals surface area contributed by atoms with Crippen molar-refractivity contribution in [2.45, 2.75) is 25.9 Å². The summed E-state index contributed by atoms with van der Waals surface area (Å²) in [5.74, 6) is 1.13. The van der Waals surface area contributed by atoms with Gasteiger partial charge in [-0.25, -0.2) is 4.68 Å². The van der Waals surface area contributed by atoms with Crippen LogP contribution in [0.3, 0.4) is 0 Å². The van der Waals surface area contributed by atoms with Crippen molar-refractivity contribution >= 4 is 5.82 Å². The molecule has 1 aromatic heterocycles. The Labute approximate surface area is 107 Å². The van der Waals surface area contributed by atoms with E-state index in [4.69, 9.17) is 5.73 Å². The van der Waals surface area contributed by atoms with Crippen molar-refractivity contribution in [1.82, 2.24) is 9.78 Å². The second-order valence-electron chi connectivity index (χ2n) is 4.82. The summed E-state index contributed by atoms with van der Waals surface area (Å²) < 4.78 is 2.04. The van der Waals surface area contributed by atoms with E-state index in [1.54, 1.807) is 0 Å². The predicted molar refractivity (Wildman–Crippen MR) is 73.4 cm³/mol. The fourth-order valence-electron chi connectivity index (χ4n) is 2.35. The molecule has 3 rings (SSSR count). The Bertz CT molecular complexity index is 539. The van der Waals surface area contributed by atoms with Gasteiger partial charge in [-0.1, -0.05) is 24.3 Å². The Morgan fingerprint density at radius 2 is 2.11 bits per heavy atom. The Hall–Kier alpha value is -1.81. The highest BCUT2D eigenvalue weighted by molar-refractivity contribution is 5.75. The summed E-state index contributed by atoms with van der Waals surface area (Å²) >= 11 is 0. The summed E-state index contributed by atoms with van der Waals surface area (Å²) in [4.78, 5) is 0. The lowest BCUT2D eigenvalue weighted by Gasteiger charge is -2.17. The van der Waals surface area contributed by atoms with E-state index in [1.165, 1.54) is 11.1 Å². The van der Waals surface area contributed by atoms with Crippen LogP contribution in [-0.2, 0) is 6.54 Å². The van der Waals surface area contributed by atoms with Gasteiger partial charge in [0.1, 0.15) is 5.82 Å². The van der Waals surface area contributed by atoms with E-state index in [9.17, 15) is 0 Å². The van der Waals surface area contributed by atoms with Gasteiger partial charge < -0.3 is 11.1 Å². The second-order valence-corrected chi connectivity index (χ2v) is 4.82. The number of hydrogen-bond donors (Lipinski definition) is 2. The SMILES string of the molecule is CC(N)c1ccc(-c2cnn3c2NCCC3)cc1. The highest BCUT2D eigenvalue weighted by Crippen LogP contribution is 2.30. The topological polar surface area (TPSA) is 55.9 Å². The van der Waals surface area contributed by atoms with E-state index in [0.29, 0.717) is 0 Å². The molecule has 3 N–H and O–H groups in total. The van der Waals surface area contributed by atoms with Crippen LogP contribution >= 0.6 is 0 Å². The predicted octanol–water partition coefficient (Wildman–Crippen LogP) is 2.39. The van der Waals surface area contributed by atoms with Crippen LogP contribution in [0.1, 0.15) is 24.9 Å². The second kappa shape index (κ2) is 4.46. The van der Waals surface area contributed by atoms with Gasteiger partial charge in [0, 0.05) is 24.7 Å². The molecule has 0 fully saturated rings. The van der Waals surface area contributed by atoms with E-state index in [0.717, 1.165) is 30.9 Å². The zero-order valence-corrected chi connectivity index (χ0v) is 10.6. The summed E-state index contributed by atoms with van der Waals surface area (Å²) in [5.41, 5.74) is 9.39. The van der Waals surface area contributed by atoms with Crippen LogP contribution in [0, 0.1) is 0 Å². The molecule has 1 unspecified atom stereocenters. The Balaban J connectivity index is 1.97. The number of hydrogen-bond acceptors (Lipinski definition) is 3. The number of nitrogens with two attached hydrogens (primary N) is 1. The normalized spacial score (nSPS) is 15.9. The van der Waals surface area contributed by atoms with Crippen molar-refractivity contribution in [2.24, 2.45) is 5.73 Å². The van der Waals surface area contributed by atoms with Crippen molar-refractivity contribution in [2.75, 3.05) is 11.9 Å². The molecule has 1 atom stereocenters. The highest BCUT2D eigenvalue weighted by Gasteiger charge is 2.15. The van der Waals surface area contributed by atoms with Crippen LogP contribution in [-0.4, -0.2) is 16.3 Å². The van der Waals surface area contributed by atoms with Crippen molar-refractivity contribution in [3.8, 4) is 11.1 Å². The first-order valence-corrected chi connectivity index (χ1v) is 6.41. The number of aromatic nitrogens is 2. The van der Waals surface area contributed by atoms with Gasteiger partial charge in [-0.15, -0.1) is 0 Å². The summed E-state index contributed by atoms with van der Waals surface area (Å²) in [6, 6.07) is 8.50.